The minimum atomic E-state index is -0.876. The summed E-state index contributed by atoms with van der Waals surface area (Å²) in [6.07, 6.45) is 0.158. The zero-order valence-corrected chi connectivity index (χ0v) is 17.7. The molecule has 4 rings (SSSR count). The van der Waals surface area contributed by atoms with Gasteiger partial charge in [-0.3, -0.25) is 4.79 Å². The van der Waals surface area contributed by atoms with Crippen LogP contribution in [0.25, 0.3) is 20.2 Å². The summed E-state index contributed by atoms with van der Waals surface area (Å²) >= 11 is 1.75. The molecule has 0 bridgehead atoms. The van der Waals surface area contributed by atoms with E-state index in [1.54, 1.807) is 11.3 Å². The Bertz CT molecular complexity index is 1080. The number of thiophene rings is 1. The fourth-order valence-electron chi connectivity index (χ4n) is 4.07. The molecule has 0 spiro atoms. The molecular formula is C23H25NO4S. The van der Waals surface area contributed by atoms with E-state index in [4.69, 9.17) is 4.74 Å². The van der Waals surface area contributed by atoms with E-state index in [2.05, 4.69) is 24.3 Å². The topological polar surface area (TPSA) is 66.8 Å². The average molecular weight is 412 g/mol. The van der Waals surface area contributed by atoms with Gasteiger partial charge in [0.2, 0.25) is 0 Å². The normalized spacial score (nSPS) is 20.2. The molecule has 2 atom stereocenters. The Morgan fingerprint density at radius 1 is 1.10 bits per heavy atom. The SMILES string of the molecule is CC(C)(C)OC(=O)N1CC[C@H](c2ccc3sc4ccccc4c3c2)C(C(=O)O)C1. The number of nitrogens with zero attached hydrogens (tertiary/aromatic N) is 1. The zero-order valence-electron chi connectivity index (χ0n) is 16.8. The van der Waals surface area contributed by atoms with Crippen molar-refractivity contribution in [1.82, 2.24) is 4.90 Å². The van der Waals surface area contributed by atoms with Gasteiger partial charge in [-0.1, -0.05) is 24.3 Å². The van der Waals surface area contributed by atoms with Crippen molar-refractivity contribution in [1.29, 1.82) is 0 Å². The fraction of sp³-hybridized carbons (Fsp3) is 0.391. The smallest absolute Gasteiger partial charge is 0.410 e. The maximum Gasteiger partial charge on any atom is 0.410 e. The molecule has 0 radical (unpaired) electrons. The Kier molecular flexibility index (Phi) is 4.99. The van der Waals surface area contributed by atoms with Gasteiger partial charge in [0.15, 0.2) is 0 Å². The molecule has 3 aromatic rings. The van der Waals surface area contributed by atoms with Gasteiger partial charge in [-0.2, -0.15) is 0 Å². The number of benzene rings is 2. The average Bonchev–Trinajstić information content (AvgIpc) is 3.04. The highest BCUT2D eigenvalue weighted by molar-refractivity contribution is 7.25. The highest BCUT2D eigenvalue weighted by atomic mass is 32.1. The van der Waals surface area contributed by atoms with Crippen LogP contribution in [0.15, 0.2) is 42.5 Å². The second-order valence-corrected chi connectivity index (χ2v) is 9.70. The lowest BCUT2D eigenvalue weighted by Gasteiger charge is -2.37. The number of ether oxygens (including phenoxy) is 1. The highest BCUT2D eigenvalue weighted by Gasteiger charge is 2.38. The van der Waals surface area contributed by atoms with Crippen molar-refractivity contribution in [3.8, 4) is 0 Å². The quantitative estimate of drug-likeness (QED) is 0.606. The van der Waals surface area contributed by atoms with E-state index in [-0.39, 0.29) is 12.5 Å². The number of carbonyl (C=O) groups is 2. The second-order valence-electron chi connectivity index (χ2n) is 8.62. The zero-order chi connectivity index (χ0) is 20.8. The van der Waals surface area contributed by atoms with Crippen molar-refractivity contribution in [2.24, 2.45) is 5.92 Å². The molecule has 1 amide bonds. The van der Waals surface area contributed by atoms with Crippen molar-refractivity contribution in [3.05, 3.63) is 48.0 Å². The van der Waals surface area contributed by atoms with Crippen LogP contribution in [-0.4, -0.2) is 40.8 Å². The van der Waals surface area contributed by atoms with Crippen molar-refractivity contribution >= 4 is 43.6 Å². The van der Waals surface area contributed by atoms with E-state index in [9.17, 15) is 14.7 Å². The molecule has 6 heteroatoms. The van der Waals surface area contributed by atoms with Crippen molar-refractivity contribution < 1.29 is 19.4 Å². The number of carbonyl (C=O) groups excluding carboxylic acids is 1. The summed E-state index contributed by atoms with van der Waals surface area (Å²) in [4.78, 5) is 26.0. The summed E-state index contributed by atoms with van der Waals surface area (Å²) in [5.74, 6) is -1.66. The summed E-state index contributed by atoms with van der Waals surface area (Å²) in [6.45, 7) is 6.09. The molecule has 2 heterocycles. The molecule has 1 fully saturated rings. The number of amides is 1. The molecule has 0 saturated carbocycles. The van der Waals surface area contributed by atoms with E-state index in [0.717, 1.165) is 5.56 Å². The number of piperidine rings is 1. The van der Waals surface area contributed by atoms with E-state index >= 15 is 0 Å². The van der Waals surface area contributed by atoms with Crippen LogP contribution in [0.4, 0.5) is 4.79 Å². The minimum Gasteiger partial charge on any atom is -0.481 e. The lowest BCUT2D eigenvalue weighted by molar-refractivity contribution is -0.144. The van der Waals surface area contributed by atoms with Crippen LogP contribution >= 0.6 is 11.3 Å². The Morgan fingerprint density at radius 2 is 1.83 bits per heavy atom. The summed E-state index contributed by atoms with van der Waals surface area (Å²) in [6, 6.07) is 14.6. The molecule has 29 heavy (non-hydrogen) atoms. The van der Waals surface area contributed by atoms with Crippen LogP contribution in [0.2, 0.25) is 0 Å². The first-order chi connectivity index (χ1) is 13.7. The third-order valence-corrected chi connectivity index (χ3v) is 6.56. The number of fused-ring (bicyclic) bond motifs is 3. The molecule has 1 unspecified atom stereocenters. The lowest BCUT2D eigenvalue weighted by Crippen LogP contribution is -2.47. The summed E-state index contributed by atoms with van der Waals surface area (Å²) in [5.41, 5.74) is 0.426. The van der Waals surface area contributed by atoms with Gasteiger partial charge in [-0.25, -0.2) is 4.79 Å². The molecule has 1 N–H and O–H groups in total. The largest absolute Gasteiger partial charge is 0.481 e. The Balaban J connectivity index is 1.63. The molecule has 1 saturated heterocycles. The fourth-order valence-corrected chi connectivity index (χ4v) is 5.15. The predicted molar refractivity (Wildman–Crippen MR) is 116 cm³/mol. The van der Waals surface area contributed by atoms with Crippen molar-refractivity contribution in [2.75, 3.05) is 13.1 Å². The first kappa shape index (κ1) is 19.7. The summed E-state index contributed by atoms with van der Waals surface area (Å²) in [5, 5.41) is 12.2. The van der Waals surface area contributed by atoms with Gasteiger partial charge < -0.3 is 14.7 Å². The van der Waals surface area contributed by atoms with Crippen LogP contribution in [0.3, 0.4) is 0 Å². The maximum atomic E-state index is 12.4. The molecule has 5 nitrogen and oxygen atoms in total. The second kappa shape index (κ2) is 7.34. The highest BCUT2D eigenvalue weighted by Crippen LogP contribution is 2.39. The van der Waals surface area contributed by atoms with Crippen LogP contribution in [-0.2, 0) is 9.53 Å². The van der Waals surface area contributed by atoms with Gasteiger partial charge in [-0.05, 0) is 51.0 Å². The van der Waals surface area contributed by atoms with E-state index in [0.29, 0.717) is 13.0 Å². The number of hydrogen-bond donors (Lipinski definition) is 1. The predicted octanol–water partition coefficient (Wildman–Crippen LogP) is 5.48. The number of carboxylic acid groups (broad SMARTS) is 1. The Labute approximate surface area is 173 Å². The number of aliphatic carboxylic acids is 1. The van der Waals surface area contributed by atoms with E-state index in [1.807, 2.05) is 39.0 Å². The van der Waals surface area contributed by atoms with Gasteiger partial charge in [0.25, 0.3) is 0 Å². The van der Waals surface area contributed by atoms with Crippen LogP contribution in [0.5, 0.6) is 0 Å². The molecular weight excluding hydrogens is 386 g/mol. The third kappa shape index (κ3) is 3.94. The first-order valence-electron chi connectivity index (χ1n) is 9.85. The maximum absolute atomic E-state index is 12.4. The molecule has 0 aliphatic carbocycles. The van der Waals surface area contributed by atoms with Crippen LogP contribution < -0.4 is 0 Å². The van der Waals surface area contributed by atoms with Crippen molar-refractivity contribution in [2.45, 2.75) is 38.7 Å². The lowest BCUT2D eigenvalue weighted by atomic mass is 9.80. The molecule has 152 valence electrons. The molecule has 1 aromatic heterocycles. The van der Waals surface area contributed by atoms with Gasteiger partial charge in [0, 0.05) is 39.2 Å². The molecule has 1 aliphatic heterocycles. The van der Waals surface area contributed by atoms with Gasteiger partial charge in [-0.15, -0.1) is 11.3 Å². The number of likely N-dealkylation sites (tertiary alicyclic amines) is 1. The monoisotopic (exact) mass is 411 g/mol. The van der Waals surface area contributed by atoms with Gasteiger partial charge >= 0.3 is 12.1 Å². The Morgan fingerprint density at radius 3 is 2.55 bits per heavy atom. The van der Waals surface area contributed by atoms with E-state index in [1.165, 1.54) is 25.1 Å². The summed E-state index contributed by atoms with van der Waals surface area (Å²) < 4.78 is 7.87. The van der Waals surface area contributed by atoms with Crippen LogP contribution in [0, 0.1) is 5.92 Å². The molecule has 1 aliphatic rings. The standard InChI is InChI=1S/C23H25NO4S/c1-23(2,3)28-22(27)24-11-10-15(18(13-24)21(25)26)14-8-9-20-17(12-14)16-6-4-5-7-19(16)29-20/h4-9,12,15,18H,10-11,13H2,1-3H3,(H,25,26)/t15-,18?/m1/s1. The van der Waals surface area contributed by atoms with Gasteiger partial charge in [0.1, 0.15) is 5.60 Å². The number of rotatable bonds is 2. The summed E-state index contributed by atoms with van der Waals surface area (Å²) in [7, 11) is 0. The van der Waals surface area contributed by atoms with E-state index < -0.39 is 23.6 Å². The Hall–Kier alpha value is -2.60. The van der Waals surface area contributed by atoms with Gasteiger partial charge in [0.05, 0.1) is 5.92 Å². The molecule has 2 aromatic carbocycles. The minimum absolute atomic E-state index is 0.130. The number of carboxylic acids is 1. The number of hydrogen-bond acceptors (Lipinski definition) is 4. The van der Waals surface area contributed by atoms with Crippen molar-refractivity contribution in [3.63, 3.8) is 0 Å². The first-order valence-corrected chi connectivity index (χ1v) is 10.7. The third-order valence-electron chi connectivity index (χ3n) is 5.41. The van der Waals surface area contributed by atoms with Crippen LogP contribution in [0.1, 0.15) is 38.7 Å².